The number of nitrogens with one attached hydrogen (secondary N) is 1. The Morgan fingerprint density at radius 1 is 1.47 bits per heavy atom. The molecule has 3 N–H and O–H groups in total. The fraction of sp³-hybridized carbons (Fsp3) is 0.231. The average Bonchev–Trinajstić information content (AvgIpc) is 2.71. The summed E-state index contributed by atoms with van der Waals surface area (Å²) >= 11 is 10.8. The molecule has 19 heavy (non-hydrogen) atoms. The molecule has 0 aliphatic rings. The van der Waals surface area contributed by atoms with Crippen molar-refractivity contribution < 1.29 is 4.39 Å². The highest BCUT2D eigenvalue weighted by Crippen LogP contribution is 2.32. The molecule has 2 aromatic rings. The molecular formula is C13H13BrClFN2S. The monoisotopic (exact) mass is 362 g/mol. The first kappa shape index (κ1) is 14.9. The maximum Gasteiger partial charge on any atom is 0.142 e. The summed E-state index contributed by atoms with van der Waals surface area (Å²) in [5.74, 6) is 5.20. The van der Waals surface area contributed by atoms with Gasteiger partial charge in [0.25, 0.3) is 0 Å². The normalized spacial score (nSPS) is 12.7. The van der Waals surface area contributed by atoms with E-state index in [1.165, 1.54) is 11.6 Å². The highest BCUT2D eigenvalue weighted by molar-refractivity contribution is 9.11. The van der Waals surface area contributed by atoms with Gasteiger partial charge < -0.3 is 0 Å². The first-order chi connectivity index (χ1) is 9.01. The van der Waals surface area contributed by atoms with Gasteiger partial charge in [-0.25, -0.2) is 4.39 Å². The first-order valence-corrected chi connectivity index (χ1v) is 7.66. The fourth-order valence-electron chi connectivity index (χ4n) is 1.80. The lowest BCUT2D eigenvalue weighted by atomic mass is 10.0. The minimum absolute atomic E-state index is 0.0458. The summed E-state index contributed by atoms with van der Waals surface area (Å²) in [4.78, 5) is 1.11. The van der Waals surface area contributed by atoms with Crippen LogP contribution in [0, 0.1) is 12.7 Å². The fourth-order valence-corrected chi connectivity index (χ4v) is 3.55. The second kappa shape index (κ2) is 6.33. The lowest BCUT2D eigenvalue weighted by Gasteiger charge is -2.14. The molecule has 0 fully saturated rings. The van der Waals surface area contributed by atoms with Crippen LogP contribution in [0.3, 0.4) is 0 Å². The summed E-state index contributed by atoms with van der Waals surface area (Å²) in [6.07, 6.45) is 0.608. The number of thiophene rings is 1. The van der Waals surface area contributed by atoms with Crippen LogP contribution < -0.4 is 11.3 Å². The molecule has 1 unspecified atom stereocenters. The zero-order valence-corrected chi connectivity index (χ0v) is 13.4. The van der Waals surface area contributed by atoms with Crippen molar-refractivity contribution in [1.29, 1.82) is 0 Å². The summed E-state index contributed by atoms with van der Waals surface area (Å²) in [5, 5.41) is 0.135. The van der Waals surface area contributed by atoms with Crippen molar-refractivity contribution in [2.24, 2.45) is 5.84 Å². The Kier molecular flexibility index (Phi) is 4.97. The largest absolute Gasteiger partial charge is 0.271 e. The number of rotatable bonds is 4. The Bertz CT molecular complexity index is 569. The molecule has 2 nitrogen and oxygen atoms in total. The number of aryl methyl sites for hydroxylation is 1. The van der Waals surface area contributed by atoms with Crippen LogP contribution >= 0.6 is 38.9 Å². The molecule has 2 rings (SSSR count). The highest BCUT2D eigenvalue weighted by Gasteiger charge is 2.15. The van der Waals surface area contributed by atoms with E-state index in [1.54, 1.807) is 17.4 Å². The number of hydrazine groups is 1. The second-order valence-electron chi connectivity index (χ2n) is 4.28. The predicted molar refractivity (Wildman–Crippen MR) is 81.9 cm³/mol. The Morgan fingerprint density at radius 3 is 2.74 bits per heavy atom. The third-order valence-electron chi connectivity index (χ3n) is 2.84. The van der Waals surface area contributed by atoms with Crippen molar-refractivity contribution in [2.45, 2.75) is 19.4 Å². The lowest BCUT2D eigenvalue weighted by Crippen LogP contribution is -2.29. The molecule has 1 aromatic heterocycles. The zero-order chi connectivity index (χ0) is 14.0. The first-order valence-electron chi connectivity index (χ1n) is 5.67. The number of hydrogen-bond acceptors (Lipinski definition) is 3. The maximum atomic E-state index is 13.4. The van der Waals surface area contributed by atoms with Crippen LogP contribution in [0.2, 0.25) is 5.02 Å². The van der Waals surface area contributed by atoms with Crippen molar-refractivity contribution in [2.75, 3.05) is 0 Å². The van der Waals surface area contributed by atoms with Gasteiger partial charge in [0.15, 0.2) is 0 Å². The highest BCUT2D eigenvalue weighted by atomic mass is 79.9. The summed E-state index contributed by atoms with van der Waals surface area (Å²) < 4.78 is 14.5. The van der Waals surface area contributed by atoms with Gasteiger partial charge in [-0.15, -0.1) is 11.3 Å². The van der Waals surface area contributed by atoms with E-state index >= 15 is 0 Å². The minimum atomic E-state index is -0.404. The molecular weight excluding hydrogens is 351 g/mol. The number of nitrogens with two attached hydrogens (primary N) is 1. The van der Waals surface area contributed by atoms with E-state index in [1.807, 2.05) is 13.0 Å². The van der Waals surface area contributed by atoms with Gasteiger partial charge in [0.2, 0.25) is 0 Å². The van der Waals surface area contributed by atoms with E-state index in [2.05, 4.69) is 27.4 Å². The van der Waals surface area contributed by atoms with E-state index in [0.717, 1.165) is 14.2 Å². The molecule has 1 heterocycles. The molecule has 1 atom stereocenters. The molecule has 0 saturated carbocycles. The van der Waals surface area contributed by atoms with Crippen molar-refractivity contribution >= 4 is 38.9 Å². The standard InChI is InChI=1S/C13H13BrClFN2S/c1-7-4-12(19-13(7)14)11(18-17)6-8-2-3-9(15)10(16)5-8/h2-5,11,18H,6,17H2,1H3. The van der Waals surface area contributed by atoms with Crippen molar-refractivity contribution in [3.63, 3.8) is 0 Å². The van der Waals surface area contributed by atoms with E-state index < -0.39 is 5.82 Å². The van der Waals surface area contributed by atoms with Gasteiger partial charge in [0.1, 0.15) is 5.82 Å². The van der Waals surface area contributed by atoms with Crippen LogP contribution in [-0.2, 0) is 6.42 Å². The van der Waals surface area contributed by atoms with Gasteiger partial charge in [0, 0.05) is 4.88 Å². The van der Waals surface area contributed by atoms with Crippen LogP contribution in [0.25, 0.3) is 0 Å². The SMILES string of the molecule is Cc1cc(C(Cc2ccc(Cl)c(F)c2)NN)sc1Br. The van der Waals surface area contributed by atoms with Gasteiger partial charge in [0.05, 0.1) is 14.9 Å². The van der Waals surface area contributed by atoms with Crippen molar-refractivity contribution in [3.05, 3.63) is 54.9 Å². The molecule has 102 valence electrons. The molecule has 1 aromatic carbocycles. The smallest absolute Gasteiger partial charge is 0.142 e. The van der Waals surface area contributed by atoms with Crippen molar-refractivity contribution in [1.82, 2.24) is 5.43 Å². The Labute approximate surface area is 128 Å². The van der Waals surface area contributed by atoms with Gasteiger partial charge in [-0.3, -0.25) is 11.3 Å². The second-order valence-corrected chi connectivity index (χ2v) is 7.09. The van der Waals surface area contributed by atoms with Crippen molar-refractivity contribution in [3.8, 4) is 0 Å². The molecule has 0 aliphatic carbocycles. The predicted octanol–water partition coefficient (Wildman–Crippen LogP) is 4.36. The van der Waals surface area contributed by atoms with Gasteiger partial charge in [-0.2, -0.15) is 0 Å². The summed E-state index contributed by atoms with van der Waals surface area (Å²) in [6.45, 7) is 2.03. The van der Waals surface area contributed by atoms with Crippen LogP contribution in [0.15, 0.2) is 28.1 Å². The Hall–Kier alpha value is -0.460. The van der Waals surface area contributed by atoms with Crippen LogP contribution in [0.5, 0.6) is 0 Å². The molecule has 0 amide bonds. The number of halogens is 3. The van der Waals surface area contributed by atoms with E-state index in [4.69, 9.17) is 17.4 Å². The Balaban J connectivity index is 2.21. The summed E-state index contributed by atoms with van der Waals surface area (Å²) in [5.41, 5.74) is 4.80. The zero-order valence-electron chi connectivity index (χ0n) is 10.2. The van der Waals surface area contributed by atoms with Crippen LogP contribution in [-0.4, -0.2) is 0 Å². The van der Waals surface area contributed by atoms with E-state index in [-0.39, 0.29) is 11.1 Å². The van der Waals surface area contributed by atoms with E-state index in [9.17, 15) is 4.39 Å². The van der Waals surface area contributed by atoms with E-state index in [0.29, 0.717) is 6.42 Å². The third-order valence-corrected chi connectivity index (χ3v) is 5.40. The summed E-state index contributed by atoms with van der Waals surface area (Å²) in [6, 6.07) is 6.85. The van der Waals surface area contributed by atoms with Gasteiger partial charge >= 0.3 is 0 Å². The van der Waals surface area contributed by atoms with Gasteiger partial charge in [-0.1, -0.05) is 17.7 Å². The maximum absolute atomic E-state index is 13.4. The molecule has 0 spiro atoms. The number of benzene rings is 1. The third kappa shape index (κ3) is 3.55. The minimum Gasteiger partial charge on any atom is -0.271 e. The van der Waals surface area contributed by atoms with Crippen LogP contribution in [0.4, 0.5) is 4.39 Å². The Morgan fingerprint density at radius 2 is 2.21 bits per heavy atom. The molecule has 0 bridgehead atoms. The molecule has 0 saturated heterocycles. The lowest BCUT2D eigenvalue weighted by molar-refractivity contribution is 0.556. The number of hydrogen-bond donors (Lipinski definition) is 2. The summed E-state index contributed by atoms with van der Waals surface area (Å²) in [7, 11) is 0. The molecule has 0 aliphatic heterocycles. The topological polar surface area (TPSA) is 38.0 Å². The quantitative estimate of drug-likeness (QED) is 0.626. The molecule has 0 radical (unpaired) electrons. The molecule has 6 heteroatoms. The van der Waals surface area contributed by atoms with Crippen LogP contribution in [0.1, 0.15) is 22.0 Å². The van der Waals surface area contributed by atoms with Gasteiger partial charge in [-0.05, 0) is 58.6 Å². The average molecular weight is 364 g/mol.